The lowest BCUT2D eigenvalue weighted by Gasteiger charge is -2.21. The van der Waals surface area contributed by atoms with Gasteiger partial charge in [-0.1, -0.05) is 103 Å². The highest BCUT2D eigenvalue weighted by atomic mass is 31.2. The summed E-state index contributed by atoms with van der Waals surface area (Å²) in [7, 11) is -2.03. The Morgan fingerprint density at radius 2 is 0.900 bits per heavy atom. The van der Waals surface area contributed by atoms with E-state index in [-0.39, 0.29) is 0 Å². The van der Waals surface area contributed by atoms with E-state index in [4.69, 9.17) is 18.6 Å². The third-order valence-electron chi connectivity index (χ3n) is 6.03. The summed E-state index contributed by atoms with van der Waals surface area (Å²) in [6.07, 6.45) is 5.15. The minimum Gasteiger partial charge on any atom is -0.390 e. The number of rotatable bonds is 9. The molecule has 0 N–H and O–H groups in total. The van der Waals surface area contributed by atoms with Gasteiger partial charge >= 0.3 is 8.60 Å². The van der Waals surface area contributed by atoms with E-state index in [1.54, 1.807) is 24.5 Å². The van der Waals surface area contributed by atoms with Crippen LogP contribution in [0.3, 0.4) is 0 Å². The summed E-state index contributed by atoms with van der Waals surface area (Å²) in [5.74, 6) is 1.12. The van der Waals surface area contributed by atoms with Gasteiger partial charge in [0.2, 0.25) is 17.6 Å². The summed E-state index contributed by atoms with van der Waals surface area (Å²) in [4.78, 5) is 13.4. The van der Waals surface area contributed by atoms with Gasteiger partial charge < -0.3 is 13.6 Å². The van der Waals surface area contributed by atoms with Crippen LogP contribution in [0.4, 0.5) is 0 Å². The van der Waals surface area contributed by atoms with Gasteiger partial charge in [0.15, 0.2) is 0 Å². The molecule has 7 heteroatoms. The van der Waals surface area contributed by atoms with Gasteiger partial charge in [-0.2, -0.15) is 0 Å². The van der Waals surface area contributed by atoms with Crippen molar-refractivity contribution in [1.82, 2.24) is 15.0 Å². The topological polar surface area (TPSA) is 66.4 Å². The summed E-state index contributed by atoms with van der Waals surface area (Å²) >= 11 is 0. The van der Waals surface area contributed by atoms with Crippen molar-refractivity contribution in [2.24, 2.45) is 0 Å². The Morgan fingerprint density at radius 1 is 0.425 bits per heavy atom. The lowest BCUT2D eigenvalue weighted by molar-refractivity contribution is 0.371. The maximum atomic E-state index is 6.49. The van der Waals surface area contributed by atoms with Crippen LogP contribution < -0.4 is 13.6 Å². The van der Waals surface area contributed by atoms with Gasteiger partial charge in [0, 0.05) is 41.9 Å². The number of nitrogens with zero attached hydrogens (tertiary/aromatic N) is 3. The fourth-order valence-electron chi connectivity index (χ4n) is 4.26. The highest BCUT2D eigenvalue weighted by Crippen LogP contribution is 2.48. The molecule has 0 atom stereocenters. The molecule has 0 bridgehead atoms. The summed E-state index contributed by atoms with van der Waals surface area (Å²) in [6, 6.07) is 41.4. The predicted octanol–water partition coefficient (Wildman–Crippen LogP) is 8.64. The van der Waals surface area contributed by atoms with Crippen molar-refractivity contribution in [1.29, 1.82) is 0 Å². The minimum atomic E-state index is -2.03. The van der Waals surface area contributed by atoms with E-state index in [0.29, 0.717) is 17.6 Å². The van der Waals surface area contributed by atoms with E-state index in [1.165, 1.54) is 0 Å². The van der Waals surface area contributed by atoms with Crippen molar-refractivity contribution in [2.45, 2.75) is 0 Å². The van der Waals surface area contributed by atoms with E-state index in [0.717, 1.165) is 33.4 Å². The molecule has 0 amide bonds. The normalized spacial score (nSPS) is 10.7. The molecule has 0 aliphatic rings. The first kappa shape index (κ1) is 25.2. The van der Waals surface area contributed by atoms with Crippen LogP contribution in [-0.4, -0.2) is 15.0 Å². The molecule has 0 saturated heterocycles. The van der Waals surface area contributed by atoms with Crippen LogP contribution in [0.2, 0.25) is 0 Å². The lowest BCUT2D eigenvalue weighted by atomic mass is 9.89. The average molecular weight is 542 g/mol. The van der Waals surface area contributed by atoms with E-state index < -0.39 is 8.60 Å². The standard InChI is InChI=1S/C33H24N3O3P/c1-4-14-25(15-5-1)28-24-36-33(32(27-18-8-3-9-19-27)31(28)26-16-6-2-7-17-26)39-40(37-29-20-10-12-22-34-29)38-30-21-11-13-23-35-30/h1-24H. The van der Waals surface area contributed by atoms with Crippen molar-refractivity contribution in [2.75, 3.05) is 0 Å². The molecule has 0 fully saturated rings. The molecule has 3 aromatic heterocycles. The van der Waals surface area contributed by atoms with Gasteiger partial charge in [-0.05, 0) is 28.8 Å². The zero-order chi connectivity index (χ0) is 27.0. The molecule has 6 nitrogen and oxygen atoms in total. The first-order valence-corrected chi connectivity index (χ1v) is 13.8. The van der Waals surface area contributed by atoms with Crippen LogP contribution in [0.1, 0.15) is 0 Å². The molecule has 0 radical (unpaired) electrons. The molecule has 0 aliphatic heterocycles. The molecule has 0 unspecified atom stereocenters. The summed E-state index contributed by atoms with van der Waals surface area (Å²) < 4.78 is 18.7. The Hall–Kier alpha value is -5.06. The fourth-order valence-corrected chi connectivity index (χ4v) is 5.17. The molecule has 6 aromatic rings. The zero-order valence-corrected chi connectivity index (χ0v) is 22.3. The van der Waals surface area contributed by atoms with Gasteiger partial charge in [-0.15, -0.1) is 0 Å². The van der Waals surface area contributed by atoms with Crippen LogP contribution in [0.25, 0.3) is 33.4 Å². The highest BCUT2D eigenvalue weighted by Gasteiger charge is 2.27. The largest absolute Gasteiger partial charge is 0.534 e. The van der Waals surface area contributed by atoms with Gasteiger partial charge in [0.25, 0.3) is 0 Å². The quantitative estimate of drug-likeness (QED) is 0.171. The molecule has 0 spiro atoms. The molecular weight excluding hydrogens is 517 g/mol. The van der Waals surface area contributed by atoms with Crippen molar-refractivity contribution >= 4 is 8.60 Å². The molecule has 3 heterocycles. The van der Waals surface area contributed by atoms with E-state index in [9.17, 15) is 0 Å². The Bertz CT molecular complexity index is 1620. The Labute approximate surface area is 233 Å². The van der Waals surface area contributed by atoms with Crippen molar-refractivity contribution in [3.05, 3.63) is 146 Å². The average Bonchev–Trinajstić information content (AvgIpc) is 3.03. The molecule has 194 valence electrons. The molecular formula is C33H24N3O3P. The molecule has 6 rings (SSSR count). The Kier molecular flexibility index (Phi) is 7.70. The van der Waals surface area contributed by atoms with Crippen LogP contribution in [0.15, 0.2) is 146 Å². The van der Waals surface area contributed by atoms with Crippen LogP contribution >= 0.6 is 8.60 Å². The molecule has 0 saturated carbocycles. The summed E-state index contributed by atoms with van der Waals surface area (Å²) in [5, 5.41) is 0. The summed E-state index contributed by atoms with van der Waals surface area (Å²) in [5.41, 5.74) is 5.84. The highest BCUT2D eigenvalue weighted by molar-refractivity contribution is 7.43. The first-order chi connectivity index (χ1) is 19.8. The second kappa shape index (κ2) is 12.2. The SMILES string of the molecule is c1ccc(-c2cnc(OP(Oc3ccccn3)Oc3ccccn3)c(-c3ccccc3)c2-c2ccccc2)cc1. The predicted molar refractivity (Wildman–Crippen MR) is 158 cm³/mol. The van der Waals surface area contributed by atoms with Gasteiger partial charge in [-0.3, -0.25) is 0 Å². The number of pyridine rings is 3. The van der Waals surface area contributed by atoms with Crippen LogP contribution in [0.5, 0.6) is 17.6 Å². The summed E-state index contributed by atoms with van der Waals surface area (Å²) in [6.45, 7) is 0. The van der Waals surface area contributed by atoms with E-state index in [1.807, 2.05) is 97.2 Å². The lowest BCUT2D eigenvalue weighted by Crippen LogP contribution is -2.06. The fraction of sp³-hybridized carbons (Fsp3) is 0. The van der Waals surface area contributed by atoms with E-state index in [2.05, 4.69) is 34.2 Å². The second-order valence-corrected chi connectivity index (χ2v) is 9.65. The molecule has 40 heavy (non-hydrogen) atoms. The van der Waals surface area contributed by atoms with Gasteiger partial charge in [-0.25, -0.2) is 15.0 Å². The van der Waals surface area contributed by atoms with Gasteiger partial charge in [0.05, 0.1) is 5.56 Å². The number of aromatic nitrogens is 3. The number of benzene rings is 3. The van der Waals surface area contributed by atoms with E-state index >= 15 is 0 Å². The van der Waals surface area contributed by atoms with Gasteiger partial charge in [0.1, 0.15) is 0 Å². The van der Waals surface area contributed by atoms with Crippen molar-refractivity contribution in [3.8, 4) is 51.0 Å². The minimum absolute atomic E-state index is 0.370. The molecule has 0 aliphatic carbocycles. The third kappa shape index (κ3) is 5.83. The second-order valence-electron chi connectivity index (χ2n) is 8.66. The van der Waals surface area contributed by atoms with Crippen LogP contribution in [0, 0.1) is 0 Å². The Morgan fingerprint density at radius 3 is 1.40 bits per heavy atom. The van der Waals surface area contributed by atoms with Crippen molar-refractivity contribution < 1.29 is 13.6 Å². The number of hydrogen-bond donors (Lipinski definition) is 0. The molecule has 3 aromatic carbocycles. The zero-order valence-electron chi connectivity index (χ0n) is 21.4. The van der Waals surface area contributed by atoms with Crippen LogP contribution in [-0.2, 0) is 0 Å². The maximum Gasteiger partial charge on any atom is 0.534 e. The maximum absolute atomic E-state index is 6.49. The Balaban J connectivity index is 1.52. The number of hydrogen-bond acceptors (Lipinski definition) is 6. The third-order valence-corrected chi connectivity index (χ3v) is 7.02. The van der Waals surface area contributed by atoms with Crippen molar-refractivity contribution in [3.63, 3.8) is 0 Å². The first-order valence-electron chi connectivity index (χ1n) is 12.7. The smallest absolute Gasteiger partial charge is 0.390 e. The monoisotopic (exact) mass is 541 g/mol.